The van der Waals surface area contributed by atoms with Gasteiger partial charge in [0, 0.05) is 18.2 Å². The molecule has 0 aromatic carbocycles. The molecule has 2 rings (SSSR count). The summed E-state index contributed by atoms with van der Waals surface area (Å²) in [5.41, 5.74) is 4.53. The molecule has 0 fully saturated rings. The van der Waals surface area contributed by atoms with Crippen molar-refractivity contribution in [3.63, 3.8) is 0 Å². The molecule has 0 unspecified atom stereocenters. The molecular formula is C27H52BN2S2. The van der Waals surface area contributed by atoms with E-state index < -0.39 is 0 Å². The largest absolute Gasteiger partial charge is 0.249 e. The van der Waals surface area contributed by atoms with Crippen LogP contribution in [0.2, 0.25) is 0 Å². The third kappa shape index (κ3) is 16.9. The molecule has 0 amide bonds. The Morgan fingerprint density at radius 3 is 1.22 bits per heavy atom. The quantitative estimate of drug-likeness (QED) is 0.408. The van der Waals surface area contributed by atoms with Gasteiger partial charge in [-0.3, -0.25) is 0 Å². The van der Waals surface area contributed by atoms with Gasteiger partial charge in [0.2, 0.25) is 0 Å². The van der Waals surface area contributed by atoms with Crippen molar-refractivity contribution in [2.75, 3.05) is 0 Å². The fourth-order valence-corrected chi connectivity index (χ4v) is 4.46. The Hall–Kier alpha value is -0.675. The molecule has 0 saturated carbocycles. The maximum Gasteiger partial charge on any atom is 0.0900 e. The summed E-state index contributed by atoms with van der Waals surface area (Å²) in [6.07, 6.45) is 0. The van der Waals surface area contributed by atoms with E-state index in [0.29, 0.717) is 23.7 Å². The first kappa shape index (κ1) is 35.9. The van der Waals surface area contributed by atoms with Crippen molar-refractivity contribution in [1.82, 2.24) is 9.97 Å². The average Bonchev–Trinajstić information content (AvgIpc) is 3.20. The number of hydrogen-bond acceptors (Lipinski definition) is 4. The van der Waals surface area contributed by atoms with Crippen LogP contribution in [0.4, 0.5) is 0 Å². The van der Waals surface area contributed by atoms with E-state index in [9.17, 15) is 0 Å². The van der Waals surface area contributed by atoms with Crippen molar-refractivity contribution in [3.8, 4) is 0 Å². The lowest BCUT2D eigenvalue weighted by molar-refractivity contribution is 0.736. The molecule has 32 heavy (non-hydrogen) atoms. The second kappa shape index (κ2) is 18.7. The third-order valence-electron chi connectivity index (χ3n) is 3.55. The van der Waals surface area contributed by atoms with Crippen molar-refractivity contribution in [1.29, 1.82) is 0 Å². The first-order valence-electron chi connectivity index (χ1n) is 12.0. The van der Waals surface area contributed by atoms with Gasteiger partial charge < -0.3 is 0 Å². The summed E-state index contributed by atoms with van der Waals surface area (Å²) in [6, 6.07) is 0. The average molecular weight is 480 g/mol. The highest BCUT2D eigenvalue weighted by Gasteiger charge is 2.14. The molecule has 0 aliphatic carbocycles. The minimum absolute atomic E-state index is 0. The van der Waals surface area contributed by atoms with Gasteiger partial charge in [0.25, 0.3) is 0 Å². The fourth-order valence-electron chi connectivity index (χ4n) is 2.42. The van der Waals surface area contributed by atoms with Crippen molar-refractivity contribution in [2.24, 2.45) is 11.8 Å². The van der Waals surface area contributed by atoms with E-state index in [0.717, 1.165) is 11.8 Å². The highest BCUT2D eigenvalue weighted by Crippen LogP contribution is 2.30. The zero-order chi connectivity index (χ0) is 24.9. The molecule has 2 aromatic heterocycles. The van der Waals surface area contributed by atoms with Crippen LogP contribution in [-0.4, -0.2) is 18.4 Å². The molecule has 185 valence electrons. The van der Waals surface area contributed by atoms with E-state index in [2.05, 4.69) is 114 Å². The molecule has 0 atom stereocenters. The zero-order valence-corrected chi connectivity index (χ0v) is 25.5. The van der Waals surface area contributed by atoms with Crippen molar-refractivity contribution in [2.45, 2.75) is 128 Å². The molecule has 0 N–H and O–H groups in total. The molecule has 0 aliphatic heterocycles. The van der Waals surface area contributed by atoms with Crippen LogP contribution in [0.15, 0.2) is 5.51 Å². The summed E-state index contributed by atoms with van der Waals surface area (Å²) in [7, 11) is 0. The minimum Gasteiger partial charge on any atom is -0.249 e. The van der Waals surface area contributed by atoms with Gasteiger partial charge in [0.05, 0.1) is 21.9 Å². The zero-order valence-electron chi connectivity index (χ0n) is 23.8. The van der Waals surface area contributed by atoms with E-state index in [1.807, 2.05) is 16.8 Å². The van der Waals surface area contributed by atoms with Crippen molar-refractivity contribution < 1.29 is 0 Å². The maximum atomic E-state index is 4.55. The lowest BCUT2D eigenvalue weighted by atomic mass is 10.0. The second-order valence-electron chi connectivity index (χ2n) is 10.7. The minimum atomic E-state index is 0. The molecule has 0 bridgehead atoms. The Labute approximate surface area is 211 Å². The van der Waals surface area contributed by atoms with Crippen LogP contribution in [0.1, 0.15) is 147 Å². The molecular weight excluding hydrogens is 427 g/mol. The van der Waals surface area contributed by atoms with Crippen LogP contribution in [0.5, 0.6) is 0 Å². The predicted octanol–water partition coefficient (Wildman–Crippen LogP) is 10.0. The lowest BCUT2D eigenvalue weighted by Gasteiger charge is -2.07. The topological polar surface area (TPSA) is 25.8 Å². The number of aryl methyl sites for hydroxylation is 1. The van der Waals surface area contributed by atoms with Gasteiger partial charge in [-0.1, -0.05) is 96.9 Å². The Morgan fingerprint density at radius 2 is 0.969 bits per heavy atom. The molecule has 0 saturated heterocycles. The van der Waals surface area contributed by atoms with Crippen LogP contribution < -0.4 is 0 Å². The SMILES string of the molecule is CC(C)C.CC(C)C.CC(C)c1ncsc1C(C)C.Cc1nc(C(C)C)c(C(C)C)s1.[B]. The molecule has 2 heterocycles. The molecule has 0 spiro atoms. The third-order valence-corrected chi connectivity index (χ3v) is 5.99. The van der Waals surface area contributed by atoms with Gasteiger partial charge >= 0.3 is 0 Å². The number of hydrogen-bond donors (Lipinski definition) is 0. The standard InChI is InChI=1S/C10H17NS.C9H15NS.2C4H10.B/c1-6(2)9-10(7(3)4)12-8(5)11-9;1-6(2)8-9(7(3)4)11-5-10-8;2*1-4(2)3;/h6-7H,1-5H3;5-7H,1-4H3;2*4H,1-3H3;. The summed E-state index contributed by atoms with van der Waals surface area (Å²) in [6.45, 7) is 32.8. The Balaban J connectivity index is -0.000000388. The van der Waals surface area contributed by atoms with E-state index in [-0.39, 0.29) is 8.41 Å². The van der Waals surface area contributed by atoms with Gasteiger partial charge in [0.15, 0.2) is 0 Å². The Kier molecular flexibility index (Phi) is 21.0. The molecule has 3 radical (unpaired) electrons. The highest BCUT2D eigenvalue weighted by molar-refractivity contribution is 7.11. The van der Waals surface area contributed by atoms with Gasteiger partial charge in [0.1, 0.15) is 0 Å². The summed E-state index contributed by atoms with van der Waals surface area (Å²) >= 11 is 3.61. The smallest absolute Gasteiger partial charge is 0.0900 e. The van der Waals surface area contributed by atoms with Crippen molar-refractivity contribution >= 4 is 31.1 Å². The van der Waals surface area contributed by atoms with Crippen LogP contribution in [0.25, 0.3) is 0 Å². The highest BCUT2D eigenvalue weighted by atomic mass is 32.1. The first-order chi connectivity index (χ1) is 14.1. The van der Waals surface area contributed by atoms with Gasteiger partial charge in [-0.2, -0.15) is 0 Å². The Bertz CT molecular complexity index is 624. The second-order valence-corrected chi connectivity index (χ2v) is 12.8. The summed E-state index contributed by atoms with van der Waals surface area (Å²) in [5.74, 6) is 4.04. The summed E-state index contributed by atoms with van der Waals surface area (Å²) in [5, 5.41) is 1.20. The van der Waals surface area contributed by atoms with Crippen LogP contribution in [-0.2, 0) is 0 Å². The van der Waals surface area contributed by atoms with Crippen LogP contribution in [0, 0.1) is 18.8 Å². The Morgan fingerprint density at radius 1 is 0.594 bits per heavy atom. The van der Waals surface area contributed by atoms with Crippen LogP contribution in [0.3, 0.4) is 0 Å². The molecule has 2 nitrogen and oxygen atoms in total. The van der Waals surface area contributed by atoms with Gasteiger partial charge in [-0.25, -0.2) is 9.97 Å². The molecule has 5 heteroatoms. The van der Waals surface area contributed by atoms with Gasteiger partial charge in [-0.05, 0) is 42.4 Å². The number of nitrogens with zero attached hydrogens (tertiary/aromatic N) is 2. The lowest BCUT2D eigenvalue weighted by Crippen LogP contribution is -1.94. The van der Waals surface area contributed by atoms with Gasteiger partial charge in [-0.15, -0.1) is 22.7 Å². The maximum absolute atomic E-state index is 4.55. The first-order valence-corrected chi connectivity index (χ1v) is 13.7. The monoisotopic (exact) mass is 479 g/mol. The van der Waals surface area contributed by atoms with E-state index >= 15 is 0 Å². The molecule has 2 aromatic rings. The molecule has 0 aliphatic rings. The number of aromatic nitrogens is 2. The van der Waals surface area contributed by atoms with E-state index in [4.69, 9.17) is 0 Å². The number of rotatable bonds is 4. The summed E-state index contributed by atoms with van der Waals surface area (Å²) in [4.78, 5) is 11.8. The van der Waals surface area contributed by atoms with E-state index in [1.54, 1.807) is 11.3 Å². The normalized spacial score (nSPS) is 10.5. The predicted molar refractivity (Wildman–Crippen MR) is 152 cm³/mol. The summed E-state index contributed by atoms with van der Waals surface area (Å²) < 4.78 is 0. The van der Waals surface area contributed by atoms with Crippen molar-refractivity contribution in [3.05, 3.63) is 31.7 Å². The van der Waals surface area contributed by atoms with Crippen LogP contribution >= 0.6 is 22.7 Å². The number of thiazole rings is 2. The van der Waals surface area contributed by atoms with E-state index in [1.165, 1.54) is 26.1 Å². The fraction of sp³-hybridized carbons (Fsp3) is 0.778.